The van der Waals surface area contributed by atoms with Gasteiger partial charge in [0.1, 0.15) is 11.9 Å². The summed E-state index contributed by atoms with van der Waals surface area (Å²) in [7, 11) is 0. The van der Waals surface area contributed by atoms with Crippen LogP contribution >= 0.6 is 0 Å². The Morgan fingerprint density at radius 1 is 1.82 bits per heavy atom. The molecule has 0 radical (unpaired) electrons. The van der Waals surface area contributed by atoms with E-state index in [2.05, 4.69) is 10.2 Å². The van der Waals surface area contributed by atoms with E-state index in [1.165, 1.54) is 0 Å². The quantitative estimate of drug-likeness (QED) is 0.471. The zero-order valence-electron chi connectivity index (χ0n) is 5.65. The number of aliphatic hydroxyl groups excluding tert-OH is 1. The van der Waals surface area contributed by atoms with Crippen LogP contribution < -0.4 is 0 Å². The first kappa shape index (κ1) is 7.67. The van der Waals surface area contributed by atoms with E-state index in [4.69, 9.17) is 5.11 Å². The highest BCUT2D eigenvalue weighted by Gasteiger charge is 2.14. The smallest absolute Gasteiger partial charge is 0.309 e. The molecule has 0 amide bonds. The Kier molecular flexibility index (Phi) is 2.17. The monoisotopic (exact) mass is 157 g/mol. The molecule has 0 unspecified atom stereocenters. The maximum atomic E-state index is 10.2. The zero-order chi connectivity index (χ0) is 8.27. The minimum atomic E-state index is -0.533. The molecule has 0 fully saturated rings. The van der Waals surface area contributed by atoms with Crippen molar-refractivity contribution in [3.63, 3.8) is 0 Å². The molecule has 2 N–H and O–H groups in total. The SMILES string of the molecule is O=[N+]([O-])c1cn[nH]c1CCO. The molecular formula is C5H7N3O3. The van der Waals surface area contributed by atoms with E-state index in [-0.39, 0.29) is 18.7 Å². The Morgan fingerprint density at radius 3 is 3.09 bits per heavy atom. The highest BCUT2D eigenvalue weighted by Crippen LogP contribution is 2.13. The molecule has 1 aromatic heterocycles. The number of nitro groups is 1. The van der Waals surface area contributed by atoms with Crippen LogP contribution in [0.4, 0.5) is 5.69 Å². The molecule has 6 nitrogen and oxygen atoms in total. The van der Waals surface area contributed by atoms with Crippen LogP contribution in [0.1, 0.15) is 5.69 Å². The Bertz CT molecular complexity index is 257. The average molecular weight is 157 g/mol. The van der Waals surface area contributed by atoms with Crippen LogP contribution in [0.5, 0.6) is 0 Å². The van der Waals surface area contributed by atoms with Gasteiger partial charge in [-0.1, -0.05) is 0 Å². The van der Waals surface area contributed by atoms with E-state index in [9.17, 15) is 10.1 Å². The zero-order valence-corrected chi connectivity index (χ0v) is 5.65. The first-order valence-electron chi connectivity index (χ1n) is 3.03. The van der Waals surface area contributed by atoms with Crippen LogP contribution in [0, 0.1) is 10.1 Å². The molecule has 1 aromatic rings. The lowest BCUT2D eigenvalue weighted by atomic mass is 10.3. The topological polar surface area (TPSA) is 92.0 Å². The van der Waals surface area contributed by atoms with Gasteiger partial charge in [0, 0.05) is 13.0 Å². The minimum absolute atomic E-state index is 0.0703. The molecule has 0 aliphatic carbocycles. The van der Waals surface area contributed by atoms with Crippen molar-refractivity contribution >= 4 is 5.69 Å². The number of H-pyrrole nitrogens is 1. The van der Waals surface area contributed by atoms with Gasteiger partial charge in [-0.3, -0.25) is 15.2 Å². The second-order valence-corrected chi connectivity index (χ2v) is 1.96. The molecule has 0 bridgehead atoms. The molecule has 0 aliphatic heterocycles. The number of nitrogens with zero attached hydrogens (tertiary/aromatic N) is 2. The van der Waals surface area contributed by atoms with E-state index in [1.54, 1.807) is 0 Å². The van der Waals surface area contributed by atoms with Crippen molar-refractivity contribution in [1.82, 2.24) is 10.2 Å². The first-order chi connectivity index (χ1) is 5.25. The molecule has 1 heterocycles. The van der Waals surface area contributed by atoms with Crippen molar-refractivity contribution in [3.8, 4) is 0 Å². The maximum Gasteiger partial charge on any atom is 0.309 e. The minimum Gasteiger partial charge on any atom is -0.396 e. The van der Waals surface area contributed by atoms with Gasteiger partial charge in [-0.05, 0) is 0 Å². The Labute approximate surface area is 62.0 Å². The predicted molar refractivity (Wildman–Crippen MR) is 36.0 cm³/mol. The number of hydrogen-bond acceptors (Lipinski definition) is 4. The Balaban J connectivity index is 2.87. The summed E-state index contributed by atoms with van der Waals surface area (Å²) in [4.78, 5) is 9.69. The summed E-state index contributed by atoms with van der Waals surface area (Å²) in [6.45, 7) is -0.122. The number of aromatic nitrogens is 2. The van der Waals surface area contributed by atoms with Gasteiger partial charge in [-0.25, -0.2) is 0 Å². The standard InChI is InChI=1S/C5H7N3O3/c9-2-1-4-5(8(10)11)3-6-7-4/h3,9H,1-2H2,(H,6,7). The molecule has 6 heteroatoms. The van der Waals surface area contributed by atoms with E-state index < -0.39 is 4.92 Å². The molecular weight excluding hydrogens is 150 g/mol. The lowest BCUT2D eigenvalue weighted by Crippen LogP contribution is -1.96. The van der Waals surface area contributed by atoms with Gasteiger partial charge in [0.05, 0.1) is 4.92 Å². The van der Waals surface area contributed by atoms with Gasteiger partial charge in [0.2, 0.25) is 0 Å². The highest BCUT2D eigenvalue weighted by molar-refractivity contribution is 5.31. The number of hydrogen-bond donors (Lipinski definition) is 2. The number of aliphatic hydroxyl groups is 1. The van der Waals surface area contributed by atoms with Crippen molar-refractivity contribution in [3.05, 3.63) is 22.0 Å². The second kappa shape index (κ2) is 3.11. The van der Waals surface area contributed by atoms with Crippen molar-refractivity contribution in [2.75, 3.05) is 6.61 Å². The van der Waals surface area contributed by atoms with Gasteiger partial charge in [0.25, 0.3) is 0 Å². The summed E-state index contributed by atoms with van der Waals surface area (Å²) in [6, 6.07) is 0. The normalized spacial score (nSPS) is 9.91. The van der Waals surface area contributed by atoms with Crippen molar-refractivity contribution in [2.45, 2.75) is 6.42 Å². The summed E-state index contributed by atoms with van der Waals surface area (Å²) in [5, 5.41) is 24.6. The summed E-state index contributed by atoms with van der Waals surface area (Å²) >= 11 is 0. The highest BCUT2D eigenvalue weighted by atomic mass is 16.6. The second-order valence-electron chi connectivity index (χ2n) is 1.96. The lowest BCUT2D eigenvalue weighted by molar-refractivity contribution is -0.385. The van der Waals surface area contributed by atoms with Crippen LogP contribution in [-0.4, -0.2) is 26.8 Å². The van der Waals surface area contributed by atoms with Crippen molar-refractivity contribution in [2.24, 2.45) is 0 Å². The number of nitrogens with one attached hydrogen (secondary N) is 1. The summed E-state index contributed by atoms with van der Waals surface area (Å²) in [6.07, 6.45) is 1.36. The Hall–Kier alpha value is -1.43. The van der Waals surface area contributed by atoms with Gasteiger partial charge >= 0.3 is 5.69 Å². The third kappa shape index (κ3) is 1.53. The predicted octanol–water partition coefficient (Wildman–Crippen LogP) is -0.147. The van der Waals surface area contributed by atoms with Gasteiger partial charge in [0.15, 0.2) is 0 Å². The molecule has 11 heavy (non-hydrogen) atoms. The number of rotatable bonds is 3. The third-order valence-electron chi connectivity index (χ3n) is 1.25. The molecule has 0 spiro atoms. The third-order valence-corrected chi connectivity index (χ3v) is 1.25. The molecule has 0 saturated heterocycles. The maximum absolute atomic E-state index is 10.2. The van der Waals surface area contributed by atoms with E-state index in [0.717, 1.165) is 6.20 Å². The fourth-order valence-corrected chi connectivity index (χ4v) is 0.760. The molecule has 1 rings (SSSR count). The molecule has 0 aromatic carbocycles. The van der Waals surface area contributed by atoms with Crippen LogP contribution in [0.3, 0.4) is 0 Å². The van der Waals surface area contributed by atoms with Crippen LogP contribution in [0.25, 0.3) is 0 Å². The van der Waals surface area contributed by atoms with Gasteiger partial charge in [-0.2, -0.15) is 5.10 Å². The summed E-state index contributed by atoms with van der Waals surface area (Å²) in [5.41, 5.74) is 0.288. The number of aromatic amines is 1. The molecule has 0 aliphatic rings. The van der Waals surface area contributed by atoms with E-state index in [0.29, 0.717) is 5.69 Å². The fourth-order valence-electron chi connectivity index (χ4n) is 0.760. The van der Waals surface area contributed by atoms with Crippen molar-refractivity contribution in [1.29, 1.82) is 0 Å². The van der Waals surface area contributed by atoms with Crippen LogP contribution in [0.2, 0.25) is 0 Å². The largest absolute Gasteiger partial charge is 0.396 e. The van der Waals surface area contributed by atoms with Crippen LogP contribution in [0.15, 0.2) is 6.20 Å². The Morgan fingerprint density at radius 2 is 2.55 bits per heavy atom. The van der Waals surface area contributed by atoms with Crippen molar-refractivity contribution < 1.29 is 10.0 Å². The molecule has 0 atom stereocenters. The average Bonchev–Trinajstić information content (AvgIpc) is 2.36. The van der Waals surface area contributed by atoms with E-state index >= 15 is 0 Å². The lowest BCUT2D eigenvalue weighted by Gasteiger charge is -1.90. The molecule has 60 valence electrons. The fraction of sp³-hybridized carbons (Fsp3) is 0.400. The molecule has 0 saturated carbocycles. The first-order valence-corrected chi connectivity index (χ1v) is 3.03. The van der Waals surface area contributed by atoms with Crippen LogP contribution in [-0.2, 0) is 6.42 Å². The van der Waals surface area contributed by atoms with Gasteiger partial charge in [-0.15, -0.1) is 0 Å². The summed E-state index contributed by atoms with van der Waals surface area (Å²) < 4.78 is 0. The van der Waals surface area contributed by atoms with E-state index in [1.807, 2.05) is 0 Å². The summed E-state index contributed by atoms with van der Waals surface area (Å²) in [5.74, 6) is 0. The van der Waals surface area contributed by atoms with Gasteiger partial charge < -0.3 is 5.11 Å².